The van der Waals surface area contributed by atoms with E-state index < -0.39 is 37.3 Å². The number of phenols is 1. The number of hydrogen-bond donors (Lipinski definition) is 5. The lowest BCUT2D eigenvalue weighted by molar-refractivity contribution is -0.277. The molecular formula is C34H37NO10. The molecule has 7 rings (SSSR count). The Morgan fingerprint density at radius 3 is 2.62 bits per heavy atom. The van der Waals surface area contributed by atoms with Gasteiger partial charge in [0.25, 0.3) is 5.91 Å². The van der Waals surface area contributed by atoms with Crippen LogP contribution in [0.3, 0.4) is 0 Å². The van der Waals surface area contributed by atoms with Crippen molar-refractivity contribution in [3.8, 4) is 17.2 Å². The van der Waals surface area contributed by atoms with Crippen LogP contribution in [0, 0.1) is 5.92 Å². The average molecular weight is 620 g/mol. The lowest BCUT2D eigenvalue weighted by Crippen LogP contribution is -2.60. The number of methoxy groups -OCH3 is 1. The van der Waals surface area contributed by atoms with Gasteiger partial charge in [0.05, 0.1) is 31.2 Å². The van der Waals surface area contributed by atoms with E-state index in [2.05, 4.69) is 0 Å². The van der Waals surface area contributed by atoms with Crippen LogP contribution in [0.25, 0.3) is 10.8 Å². The van der Waals surface area contributed by atoms with Crippen LogP contribution in [-0.4, -0.2) is 93.1 Å². The van der Waals surface area contributed by atoms with Crippen LogP contribution < -0.4 is 9.47 Å². The summed E-state index contributed by atoms with van der Waals surface area (Å²) in [5.74, 6) is -0.0210. The van der Waals surface area contributed by atoms with E-state index in [-0.39, 0.29) is 46.6 Å². The summed E-state index contributed by atoms with van der Waals surface area (Å²) in [5, 5.41) is 54.0. The molecule has 2 heterocycles. The van der Waals surface area contributed by atoms with E-state index in [0.717, 1.165) is 42.4 Å². The highest BCUT2D eigenvalue weighted by atomic mass is 16.7. The number of fused-ring (bicyclic) bond motifs is 6. The van der Waals surface area contributed by atoms with E-state index in [9.17, 15) is 35.1 Å². The topological polar surface area (TPSA) is 166 Å². The van der Waals surface area contributed by atoms with E-state index in [1.807, 2.05) is 12.1 Å². The molecule has 2 fully saturated rings. The van der Waals surface area contributed by atoms with Gasteiger partial charge in [-0.25, -0.2) is 0 Å². The normalized spacial score (nSPS) is 29.0. The Morgan fingerprint density at radius 1 is 1.07 bits per heavy atom. The highest BCUT2D eigenvalue weighted by molar-refractivity contribution is 6.12. The van der Waals surface area contributed by atoms with Crippen molar-refractivity contribution in [3.05, 3.63) is 64.2 Å². The fourth-order valence-corrected chi connectivity index (χ4v) is 7.87. The standard InChI is InChI=1S/C34H37NO10/c1-43-18-11-22-21-10-9-16-6-4-8-19(16)26(21)28(23(37)14-35-13-17-5-2-3-7-20(17)33(35)42)30(39)27(22)24(12-18)44-34-32(41)31(40)29(38)25(15-36)45-34/h2-3,5,7,11-12,16,19,25,29,31-32,34,36,38-41H,4,6,8-10,13-15H2,1H3/t16-,19-,25+,29+,31-,32+,34+/m0/s1. The second kappa shape index (κ2) is 11.6. The van der Waals surface area contributed by atoms with Crippen molar-refractivity contribution in [2.24, 2.45) is 5.92 Å². The third-order valence-electron chi connectivity index (χ3n) is 10.1. The molecule has 11 nitrogen and oxygen atoms in total. The maximum Gasteiger partial charge on any atom is 0.254 e. The van der Waals surface area contributed by atoms with Gasteiger partial charge in [0, 0.05) is 18.2 Å². The predicted octanol–water partition coefficient (Wildman–Crippen LogP) is 2.40. The first-order valence-corrected chi connectivity index (χ1v) is 15.5. The zero-order chi connectivity index (χ0) is 31.6. The van der Waals surface area contributed by atoms with E-state index >= 15 is 0 Å². The fraction of sp³-hybridized carbons (Fsp3) is 0.471. The molecule has 3 aromatic carbocycles. The van der Waals surface area contributed by atoms with Crippen molar-refractivity contribution in [2.45, 2.75) is 75.3 Å². The Bertz CT molecular complexity index is 1670. The number of ether oxygens (including phenoxy) is 3. The van der Waals surface area contributed by atoms with Crippen LogP contribution >= 0.6 is 0 Å². The zero-order valence-corrected chi connectivity index (χ0v) is 24.9. The summed E-state index contributed by atoms with van der Waals surface area (Å²) in [7, 11) is 1.49. The van der Waals surface area contributed by atoms with Crippen LogP contribution in [0.2, 0.25) is 0 Å². The molecule has 2 aliphatic carbocycles. The Balaban J connectivity index is 1.36. The van der Waals surface area contributed by atoms with Crippen LogP contribution in [0.4, 0.5) is 0 Å². The Labute approximate surface area is 259 Å². The number of nitrogens with zero attached hydrogens (tertiary/aromatic N) is 1. The Hall–Kier alpha value is -3.74. The number of phenolic OH excluding ortho intramolecular Hbond substituents is 1. The first-order chi connectivity index (χ1) is 21.7. The first kappa shape index (κ1) is 29.9. The number of carbonyl (C=O) groups excluding carboxylic acids is 2. The molecule has 1 amide bonds. The van der Waals surface area contributed by atoms with Gasteiger partial charge in [-0.2, -0.15) is 0 Å². The van der Waals surface area contributed by atoms with Crippen molar-refractivity contribution in [2.75, 3.05) is 20.3 Å². The molecule has 1 saturated heterocycles. The van der Waals surface area contributed by atoms with E-state index in [0.29, 0.717) is 35.6 Å². The van der Waals surface area contributed by atoms with Crippen LogP contribution in [0.1, 0.15) is 69.0 Å². The maximum absolute atomic E-state index is 14.3. The molecular weight excluding hydrogens is 582 g/mol. The second-order valence-corrected chi connectivity index (χ2v) is 12.6. The van der Waals surface area contributed by atoms with Gasteiger partial charge in [0.15, 0.2) is 5.78 Å². The summed E-state index contributed by atoms with van der Waals surface area (Å²) >= 11 is 0. The number of aliphatic hydroxyl groups is 4. The molecule has 0 spiro atoms. The van der Waals surface area contributed by atoms with Gasteiger partial charge in [-0.15, -0.1) is 0 Å². The molecule has 2 aliphatic heterocycles. The quantitative estimate of drug-likeness (QED) is 0.248. The zero-order valence-electron chi connectivity index (χ0n) is 24.9. The number of Topliss-reactive ketones (excluding diaryl/α,β-unsaturated/α-hetero) is 1. The molecule has 11 heteroatoms. The number of aliphatic hydroxyl groups excluding tert-OH is 4. The van der Waals surface area contributed by atoms with Gasteiger partial charge in [-0.1, -0.05) is 24.6 Å². The fourth-order valence-electron chi connectivity index (χ4n) is 7.87. The monoisotopic (exact) mass is 619 g/mol. The summed E-state index contributed by atoms with van der Waals surface area (Å²) in [5.41, 5.74) is 3.30. The van der Waals surface area contributed by atoms with Crippen molar-refractivity contribution < 1.29 is 49.3 Å². The summed E-state index contributed by atoms with van der Waals surface area (Å²) < 4.78 is 17.3. The molecule has 0 aromatic heterocycles. The van der Waals surface area contributed by atoms with Gasteiger partial charge < -0.3 is 44.6 Å². The number of benzene rings is 3. The van der Waals surface area contributed by atoms with Gasteiger partial charge in [-0.05, 0) is 71.7 Å². The number of ketones is 1. The predicted molar refractivity (Wildman–Crippen MR) is 160 cm³/mol. The average Bonchev–Trinajstić information content (AvgIpc) is 3.65. The van der Waals surface area contributed by atoms with Crippen LogP contribution in [-0.2, 0) is 17.7 Å². The van der Waals surface area contributed by atoms with Crippen molar-refractivity contribution in [1.29, 1.82) is 0 Å². The van der Waals surface area contributed by atoms with Gasteiger partial charge in [0.1, 0.15) is 41.7 Å². The van der Waals surface area contributed by atoms with Crippen LogP contribution in [0.15, 0.2) is 36.4 Å². The summed E-state index contributed by atoms with van der Waals surface area (Å²) in [6, 6.07) is 10.5. The largest absolute Gasteiger partial charge is 0.506 e. The molecule has 4 aliphatic rings. The summed E-state index contributed by atoms with van der Waals surface area (Å²) in [4.78, 5) is 29.0. The number of amides is 1. The maximum atomic E-state index is 14.3. The smallest absolute Gasteiger partial charge is 0.254 e. The van der Waals surface area contributed by atoms with Crippen molar-refractivity contribution >= 4 is 22.5 Å². The number of hydrogen-bond acceptors (Lipinski definition) is 10. The third-order valence-corrected chi connectivity index (χ3v) is 10.1. The summed E-state index contributed by atoms with van der Waals surface area (Å²) in [6.07, 6.45) is -3.13. The highest BCUT2D eigenvalue weighted by Gasteiger charge is 2.46. The number of rotatable bonds is 7. The number of aryl methyl sites for hydroxylation is 1. The van der Waals surface area contributed by atoms with Gasteiger partial charge >= 0.3 is 0 Å². The van der Waals surface area contributed by atoms with E-state index in [4.69, 9.17) is 14.2 Å². The van der Waals surface area contributed by atoms with Crippen LogP contribution in [0.5, 0.6) is 17.2 Å². The lowest BCUT2D eigenvalue weighted by atomic mass is 9.72. The minimum absolute atomic E-state index is 0.0289. The van der Waals surface area contributed by atoms with Gasteiger partial charge in [0.2, 0.25) is 6.29 Å². The Morgan fingerprint density at radius 2 is 1.87 bits per heavy atom. The molecule has 0 unspecified atom stereocenters. The lowest BCUT2D eigenvalue weighted by Gasteiger charge is -2.39. The molecule has 3 aromatic rings. The summed E-state index contributed by atoms with van der Waals surface area (Å²) in [6.45, 7) is -0.551. The van der Waals surface area contributed by atoms with Gasteiger partial charge in [-0.3, -0.25) is 9.59 Å². The van der Waals surface area contributed by atoms with E-state index in [1.165, 1.54) is 18.1 Å². The molecule has 5 N–H and O–H groups in total. The highest BCUT2D eigenvalue weighted by Crippen LogP contribution is 2.54. The Kier molecular flexibility index (Phi) is 7.69. The van der Waals surface area contributed by atoms with E-state index in [1.54, 1.807) is 18.2 Å². The molecule has 0 radical (unpaired) electrons. The molecule has 0 bridgehead atoms. The molecule has 1 saturated carbocycles. The minimum Gasteiger partial charge on any atom is -0.506 e. The number of aromatic hydroxyl groups is 1. The minimum atomic E-state index is -1.69. The molecule has 45 heavy (non-hydrogen) atoms. The first-order valence-electron chi connectivity index (χ1n) is 15.5. The second-order valence-electron chi connectivity index (χ2n) is 12.6. The van der Waals surface area contributed by atoms with Crippen molar-refractivity contribution in [3.63, 3.8) is 0 Å². The SMILES string of the molecule is COc1cc(O[C@@H]2O[C@H](CO)[C@@H](O)[C@H](O)[C@H]2O)c2c(O)c(C(=O)CN3Cc4ccccc4C3=O)c3c(c2c1)CC[C@@H]1CCC[C@H]31. The third kappa shape index (κ3) is 4.85. The molecule has 7 atom stereocenters. The molecule has 238 valence electrons. The van der Waals surface area contributed by atoms with Crippen molar-refractivity contribution in [1.82, 2.24) is 4.90 Å². The number of carbonyl (C=O) groups is 2.